The van der Waals surface area contributed by atoms with E-state index < -0.39 is 10.2 Å². The van der Waals surface area contributed by atoms with Gasteiger partial charge in [-0.05, 0) is 30.5 Å². The highest BCUT2D eigenvalue weighted by Gasteiger charge is 2.25. The molecule has 1 aliphatic heterocycles. The molecule has 0 atom stereocenters. The van der Waals surface area contributed by atoms with Gasteiger partial charge in [-0.2, -0.15) is 8.42 Å². The first-order valence-corrected chi connectivity index (χ1v) is 6.18. The molecular formula is C9H13N3O2S. The van der Waals surface area contributed by atoms with Crippen LogP contribution in [0.1, 0.15) is 12.0 Å². The molecule has 0 amide bonds. The Balaban J connectivity index is 2.57. The molecule has 0 aromatic heterocycles. The maximum atomic E-state index is 11.3. The van der Waals surface area contributed by atoms with Crippen LogP contribution in [0.25, 0.3) is 0 Å². The third kappa shape index (κ3) is 1.78. The smallest absolute Gasteiger partial charge is 0.299 e. The van der Waals surface area contributed by atoms with Gasteiger partial charge in [-0.15, -0.1) is 0 Å². The molecule has 1 aliphatic rings. The third-order valence-corrected chi connectivity index (χ3v) is 3.55. The Morgan fingerprint density at radius 1 is 1.33 bits per heavy atom. The van der Waals surface area contributed by atoms with Gasteiger partial charge in [0.2, 0.25) is 0 Å². The summed E-state index contributed by atoms with van der Waals surface area (Å²) >= 11 is 0. The number of benzene rings is 1. The number of hydrogen-bond acceptors (Lipinski definition) is 3. The minimum Gasteiger partial charge on any atom is -0.398 e. The molecule has 6 heteroatoms. The fraction of sp³-hybridized carbons (Fsp3) is 0.333. The van der Waals surface area contributed by atoms with Crippen molar-refractivity contribution in [1.82, 2.24) is 0 Å². The maximum Gasteiger partial charge on any atom is 0.299 e. The first-order chi connectivity index (χ1) is 7.00. The lowest BCUT2D eigenvalue weighted by atomic mass is 10.0. The van der Waals surface area contributed by atoms with Crippen LogP contribution in [0, 0.1) is 0 Å². The van der Waals surface area contributed by atoms with E-state index in [0.717, 1.165) is 18.4 Å². The van der Waals surface area contributed by atoms with Gasteiger partial charge < -0.3 is 5.73 Å². The monoisotopic (exact) mass is 227 g/mol. The van der Waals surface area contributed by atoms with Crippen molar-refractivity contribution in [3.63, 3.8) is 0 Å². The minimum absolute atomic E-state index is 0.426. The zero-order valence-electron chi connectivity index (χ0n) is 8.18. The molecule has 2 rings (SSSR count). The van der Waals surface area contributed by atoms with Crippen LogP contribution < -0.4 is 15.2 Å². The second kappa shape index (κ2) is 3.39. The van der Waals surface area contributed by atoms with Crippen molar-refractivity contribution >= 4 is 21.6 Å². The van der Waals surface area contributed by atoms with Gasteiger partial charge in [-0.25, -0.2) is 5.14 Å². The van der Waals surface area contributed by atoms with Gasteiger partial charge in [0.05, 0.1) is 5.69 Å². The van der Waals surface area contributed by atoms with E-state index in [-0.39, 0.29) is 0 Å². The van der Waals surface area contributed by atoms with Crippen molar-refractivity contribution in [3.8, 4) is 0 Å². The van der Waals surface area contributed by atoms with Gasteiger partial charge in [-0.3, -0.25) is 4.31 Å². The molecular weight excluding hydrogens is 214 g/mol. The topological polar surface area (TPSA) is 89.4 Å². The van der Waals surface area contributed by atoms with Gasteiger partial charge in [0, 0.05) is 12.2 Å². The number of nitrogens with two attached hydrogens (primary N) is 2. The molecule has 4 N–H and O–H groups in total. The number of rotatable bonds is 1. The Morgan fingerprint density at radius 3 is 2.73 bits per heavy atom. The average molecular weight is 227 g/mol. The van der Waals surface area contributed by atoms with Crippen molar-refractivity contribution in [2.75, 3.05) is 16.6 Å². The summed E-state index contributed by atoms with van der Waals surface area (Å²) in [5, 5.41) is 5.13. The van der Waals surface area contributed by atoms with E-state index in [1.165, 1.54) is 4.31 Å². The summed E-state index contributed by atoms with van der Waals surface area (Å²) in [4.78, 5) is 0. The molecule has 0 saturated carbocycles. The Morgan fingerprint density at radius 2 is 2.07 bits per heavy atom. The van der Waals surface area contributed by atoms with Gasteiger partial charge in [0.1, 0.15) is 0 Å². The number of anilines is 2. The van der Waals surface area contributed by atoms with Crippen LogP contribution in [0.2, 0.25) is 0 Å². The summed E-state index contributed by atoms with van der Waals surface area (Å²) in [5.74, 6) is 0. The number of hydrogen-bond donors (Lipinski definition) is 2. The fourth-order valence-corrected chi connectivity index (χ4v) is 2.71. The van der Waals surface area contributed by atoms with Gasteiger partial charge >= 0.3 is 0 Å². The van der Waals surface area contributed by atoms with Crippen molar-refractivity contribution < 1.29 is 8.42 Å². The average Bonchev–Trinajstić information content (AvgIpc) is 2.16. The molecule has 5 nitrogen and oxygen atoms in total. The molecule has 0 radical (unpaired) electrons. The Bertz CT molecular complexity index is 484. The lowest BCUT2D eigenvalue weighted by molar-refractivity contribution is 0.588. The molecule has 0 fully saturated rings. The van der Waals surface area contributed by atoms with Crippen LogP contribution in [-0.2, 0) is 16.6 Å². The zero-order valence-corrected chi connectivity index (χ0v) is 9.00. The summed E-state index contributed by atoms with van der Waals surface area (Å²) < 4.78 is 23.9. The summed E-state index contributed by atoms with van der Waals surface area (Å²) in [6.07, 6.45) is 1.55. The van der Waals surface area contributed by atoms with E-state index in [0.29, 0.717) is 17.9 Å². The molecule has 1 aromatic rings. The van der Waals surface area contributed by atoms with Crippen LogP contribution in [0.5, 0.6) is 0 Å². The van der Waals surface area contributed by atoms with Crippen LogP contribution in [-0.4, -0.2) is 15.0 Å². The highest BCUT2D eigenvalue weighted by molar-refractivity contribution is 7.90. The highest BCUT2D eigenvalue weighted by atomic mass is 32.2. The SMILES string of the molecule is Nc1cccc2c1CCCN2S(N)(=O)=O. The number of nitrogens with zero attached hydrogens (tertiary/aromatic N) is 1. The third-order valence-electron chi connectivity index (χ3n) is 2.55. The molecule has 0 aliphatic carbocycles. The van der Waals surface area contributed by atoms with Gasteiger partial charge in [0.25, 0.3) is 10.2 Å². The second-order valence-electron chi connectivity index (χ2n) is 3.57. The van der Waals surface area contributed by atoms with Crippen LogP contribution in [0.3, 0.4) is 0 Å². The van der Waals surface area contributed by atoms with Gasteiger partial charge in [-0.1, -0.05) is 6.07 Å². The minimum atomic E-state index is -3.68. The second-order valence-corrected chi connectivity index (χ2v) is 5.04. The van der Waals surface area contributed by atoms with Crippen LogP contribution >= 0.6 is 0 Å². The maximum absolute atomic E-state index is 11.3. The van der Waals surface area contributed by atoms with Crippen LogP contribution in [0.4, 0.5) is 11.4 Å². The largest absolute Gasteiger partial charge is 0.398 e. The van der Waals surface area contributed by atoms with E-state index in [4.69, 9.17) is 10.9 Å². The van der Waals surface area contributed by atoms with Gasteiger partial charge in [0.15, 0.2) is 0 Å². The summed E-state index contributed by atoms with van der Waals surface area (Å²) in [5.41, 5.74) is 7.90. The molecule has 1 heterocycles. The lowest BCUT2D eigenvalue weighted by Crippen LogP contribution is -2.40. The van der Waals surface area contributed by atoms with E-state index in [2.05, 4.69) is 0 Å². The van der Waals surface area contributed by atoms with Crippen molar-refractivity contribution in [2.24, 2.45) is 5.14 Å². The van der Waals surface area contributed by atoms with E-state index >= 15 is 0 Å². The Labute approximate surface area is 88.9 Å². The summed E-state index contributed by atoms with van der Waals surface area (Å²) in [6, 6.07) is 5.23. The van der Waals surface area contributed by atoms with E-state index in [9.17, 15) is 8.42 Å². The highest BCUT2D eigenvalue weighted by Crippen LogP contribution is 2.31. The summed E-state index contributed by atoms with van der Waals surface area (Å²) in [7, 11) is -3.68. The summed E-state index contributed by atoms with van der Waals surface area (Å²) in [6.45, 7) is 0.426. The molecule has 0 spiro atoms. The van der Waals surface area contributed by atoms with E-state index in [1.54, 1.807) is 18.2 Å². The molecule has 0 bridgehead atoms. The first-order valence-electron chi connectivity index (χ1n) is 4.68. The molecule has 82 valence electrons. The molecule has 0 unspecified atom stereocenters. The quantitative estimate of drug-likeness (QED) is 0.673. The number of fused-ring (bicyclic) bond motifs is 1. The fourth-order valence-electron chi connectivity index (χ4n) is 1.88. The van der Waals surface area contributed by atoms with Crippen LogP contribution in [0.15, 0.2) is 18.2 Å². The molecule has 0 saturated heterocycles. The standard InChI is InChI=1S/C9H13N3O2S/c10-8-4-1-5-9-7(8)3-2-6-12(9)15(11,13)14/h1,4-5H,2-3,6,10H2,(H2,11,13,14). The molecule has 1 aromatic carbocycles. The predicted molar refractivity (Wildman–Crippen MR) is 59.6 cm³/mol. The zero-order chi connectivity index (χ0) is 11.1. The Kier molecular flexibility index (Phi) is 2.32. The normalized spacial score (nSPS) is 16.2. The van der Waals surface area contributed by atoms with Crippen molar-refractivity contribution in [3.05, 3.63) is 23.8 Å². The lowest BCUT2D eigenvalue weighted by Gasteiger charge is -2.29. The first kappa shape index (κ1) is 10.3. The Hall–Kier alpha value is -1.27. The van der Waals surface area contributed by atoms with E-state index in [1.807, 2.05) is 0 Å². The number of nitrogen functional groups attached to an aromatic ring is 1. The predicted octanol–water partition coefficient (Wildman–Crippen LogP) is 0.225. The van der Waals surface area contributed by atoms with Crippen molar-refractivity contribution in [1.29, 1.82) is 0 Å². The van der Waals surface area contributed by atoms with Crippen molar-refractivity contribution in [2.45, 2.75) is 12.8 Å². The molecule has 15 heavy (non-hydrogen) atoms.